The highest BCUT2D eigenvalue weighted by atomic mass is 16.3. The number of aliphatic hydroxyl groups excluding tert-OH is 1. The van der Waals surface area contributed by atoms with Gasteiger partial charge in [-0.05, 0) is 24.6 Å². The molecule has 2 rings (SSSR count). The Kier molecular flexibility index (Phi) is 3.47. The summed E-state index contributed by atoms with van der Waals surface area (Å²) in [5.74, 6) is 0. The van der Waals surface area contributed by atoms with Crippen molar-refractivity contribution in [2.75, 3.05) is 13.2 Å². The molecule has 0 amide bonds. The summed E-state index contributed by atoms with van der Waals surface area (Å²) >= 11 is 0. The molecule has 4 heteroatoms. The fourth-order valence-corrected chi connectivity index (χ4v) is 1.83. The minimum atomic E-state index is -1.06. The number of rotatable bonds is 5. The van der Waals surface area contributed by atoms with Gasteiger partial charge in [-0.1, -0.05) is 12.1 Å². The maximum Gasteiger partial charge on any atom is 0.0972 e. The van der Waals surface area contributed by atoms with Crippen LogP contribution < -0.4 is 5.32 Å². The van der Waals surface area contributed by atoms with Gasteiger partial charge in [0.2, 0.25) is 0 Å². The molecule has 4 nitrogen and oxygen atoms in total. The van der Waals surface area contributed by atoms with Gasteiger partial charge in [0.1, 0.15) is 0 Å². The van der Waals surface area contributed by atoms with Crippen LogP contribution in [0.3, 0.4) is 0 Å². The van der Waals surface area contributed by atoms with Crippen LogP contribution in [-0.4, -0.2) is 33.9 Å². The van der Waals surface area contributed by atoms with Crippen molar-refractivity contribution in [3.05, 3.63) is 36.0 Å². The van der Waals surface area contributed by atoms with Crippen molar-refractivity contribution >= 4 is 10.9 Å². The predicted octanol–water partition coefficient (Wildman–Crippen LogP) is 1.00. The van der Waals surface area contributed by atoms with Crippen molar-refractivity contribution in [3.63, 3.8) is 0 Å². The van der Waals surface area contributed by atoms with Crippen LogP contribution in [0.5, 0.6) is 0 Å². The SMILES string of the molecule is CC(O)(CO)CNCc1cccc2[nH]ccc12. The predicted molar refractivity (Wildman–Crippen MR) is 67.7 cm³/mol. The number of hydrogen-bond donors (Lipinski definition) is 4. The first-order valence-electron chi connectivity index (χ1n) is 5.71. The van der Waals surface area contributed by atoms with Gasteiger partial charge in [-0.2, -0.15) is 0 Å². The second kappa shape index (κ2) is 4.87. The summed E-state index contributed by atoms with van der Waals surface area (Å²) in [6, 6.07) is 8.12. The number of aromatic amines is 1. The molecule has 1 heterocycles. The fourth-order valence-electron chi connectivity index (χ4n) is 1.83. The van der Waals surface area contributed by atoms with Crippen molar-refractivity contribution in [3.8, 4) is 0 Å². The highest BCUT2D eigenvalue weighted by Crippen LogP contribution is 2.17. The van der Waals surface area contributed by atoms with E-state index in [-0.39, 0.29) is 6.61 Å². The monoisotopic (exact) mass is 234 g/mol. The molecule has 0 aliphatic rings. The van der Waals surface area contributed by atoms with E-state index in [1.165, 1.54) is 10.9 Å². The summed E-state index contributed by atoms with van der Waals surface area (Å²) < 4.78 is 0. The maximum absolute atomic E-state index is 9.66. The minimum absolute atomic E-state index is 0.242. The Morgan fingerprint density at radius 1 is 1.35 bits per heavy atom. The Labute approximate surface area is 100 Å². The van der Waals surface area contributed by atoms with Crippen molar-refractivity contribution in [1.29, 1.82) is 0 Å². The Morgan fingerprint density at radius 2 is 2.18 bits per heavy atom. The zero-order valence-electron chi connectivity index (χ0n) is 9.90. The molecule has 92 valence electrons. The first kappa shape index (κ1) is 12.1. The molecule has 0 fully saturated rings. The van der Waals surface area contributed by atoms with Gasteiger partial charge in [0.05, 0.1) is 12.2 Å². The van der Waals surface area contributed by atoms with Crippen LogP contribution in [0.2, 0.25) is 0 Å². The third-order valence-corrected chi connectivity index (χ3v) is 2.85. The van der Waals surface area contributed by atoms with Crippen molar-refractivity contribution in [2.24, 2.45) is 0 Å². The van der Waals surface area contributed by atoms with E-state index >= 15 is 0 Å². The van der Waals surface area contributed by atoms with Crippen LogP contribution in [0, 0.1) is 0 Å². The van der Waals surface area contributed by atoms with Gasteiger partial charge in [-0.25, -0.2) is 0 Å². The van der Waals surface area contributed by atoms with Crippen LogP contribution in [0.1, 0.15) is 12.5 Å². The topological polar surface area (TPSA) is 68.3 Å². The van der Waals surface area contributed by atoms with Gasteiger partial charge in [-0.15, -0.1) is 0 Å². The van der Waals surface area contributed by atoms with Gasteiger partial charge in [0, 0.05) is 30.2 Å². The first-order valence-corrected chi connectivity index (χ1v) is 5.71. The molecule has 0 saturated carbocycles. The van der Waals surface area contributed by atoms with Crippen molar-refractivity contribution in [2.45, 2.75) is 19.1 Å². The zero-order chi connectivity index (χ0) is 12.3. The van der Waals surface area contributed by atoms with Crippen molar-refractivity contribution < 1.29 is 10.2 Å². The fraction of sp³-hybridized carbons (Fsp3) is 0.385. The van der Waals surface area contributed by atoms with E-state index in [0.29, 0.717) is 13.1 Å². The van der Waals surface area contributed by atoms with Crippen LogP contribution >= 0.6 is 0 Å². The van der Waals surface area contributed by atoms with Gasteiger partial charge < -0.3 is 20.5 Å². The van der Waals surface area contributed by atoms with E-state index in [4.69, 9.17) is 5.11 Å². The number of H-pyrrole nitrogens is 1. The second-order valence-electron chi connectivity index (χ2n) is 4.61. The molecule has 17 heavy (non-hydrogen) atoms. The average molecular weight is 234 g/mol. The standard InChI is InChI=1S/C13H18N2O2/c1-13(17,9-16)8-14-7-10-3-2-4-12-11(10)5-6-15-12/h2-6,14-17H,7-9H2,1H3. The summed E-state index contributed by atoms with van der Waals surface area (Å²) in [6.07, 6.45) is 1.91. The molecule has 0 saturated heterocycles. The molecule has 1 unspecified atom stereocenters. The van der Waals surface area contributed by atoms with E-state index < -0.39 is 5.60 Å². The van der Waals surface area contributed by atoms with Crippen molar-refractivity contribution in [1.82, 2.24) is 10.3 Å². The van der Waals surface area contributed by atoms with Crippen LogP contribution in [0.4, 0.5) is 0 Å². The Hall–Kier alpha value is -1.36. The lowest BCUT2D eigenvalue weighted by Gasteiger charge is -2.20. The van der Waals surface area contributed by atoms with E-state index in [2.05, 4.69) is 16.4 Å². The Bertz CT molecular complexity index is 491. The smallest absolute Gasteiger partial charge is 0.0972 e. The Morgan fingerprint density at radius 3 is 2.94 bits per heavy atom. The number of hydrogen-bond acceptors (Lipinski definition) is 3. The number of fused-ring (bicyclic) bond motifs is 1. The number of benzene rings is 1. The third kappa shape index (κ3) is 2.85. The van der Waals surface area contributed by atoms with Gasteiger partial charge in [0.15, 0.2) is 0 Å². The largest absolute Gasteiger partial charge is 0.393 e. The van der Waals surface area contributed by atoms with Crippen LogP contribution in [0.25, 0.3) is 10.9 Å². The molecule has 2 aromatic rings. The summed E-state index contributed by atoms with van der Waals surface area (Å²) in [5.41, 5.74) is 1.22. The lowest BCUT2D eigenvalue weighted by molar-refractivity contribution is 0.00255. The van der Waals surface area contributed by atoms with Gasteiger partial charge >= 0.3 is 0 Å². The first-order chi connectivity index (χ1) is 8.12. The molecule has 0 spiro atoms. The molecule has 1 atom stereocenters. The molecule has 1 aromatic heterocycles. The second-order valence-corrected chi connectivity index (χ2v) is 4.61. The molecular weight excluding hydrogens is 216 g/mol. The quantitative estimate of drug-likeness (QED) is 0.624. The number of aromatic nitrogens is 1. The number of aliphatic hydroxyl groups is 2. The Balaban J connectivity index is 2.02. The summed E-state index contributed by atoms with van der Waals surface area (Å²) in [4.78, 5) is 3.16. The molecule has 0 aliphatic heterocycles. The van der Waals surface area contributed by atoms with Crippen LogP contribution in [-0.2, 0) is 6.54 Å². The van der Waals surface area contributed by atoms with E-state index in [9.17, 15) is 5.11 Å². The molecule has 0 radical (unpaired) electrons. The minimum Gasteiger partial charge on any atom is -0.393 e. The van der Waals surface area contributed by atoms with Crippen LogP contribution in [0.15, 0.2) is 30.5 Å². The van der Waals surface area contributed by atoms with E-state index in [0.717, 1.165) is 5.52 Å². The zero-order valence-corrected chi connectivity index (χ0v) is 9.90. The average Bonchev–Trinajstić information content (AvgIpc) is 2.78. The normalized spacial score (nSPS) is 15.0. The summed E-state index contributed by atoms with van der Waals surface area (Å²) in [7, 11) is 0. The molecule has 0 bridgehead atoms. The highest BCUT2D eigenvalue weighted by Gasteiger charge is 2.17. The van der Waals surface area contributed by atoms with Gasteiger partial charge in [-0.3, -0.25) is 0 Å². The number of nitrogens with one attached hydrogen (secondary N) is 2. The highest BCUT2D eigenvalue weighted by molar-refractivity contribution is 5.82. The summed E-state index contributed by atoms with van der Waals surface area (Å²) in [5, 5.41) is 22.9. The molecule has 1 aromatic carbocycles. The lowest BCUT2D eigenvalue weighted by Crippen LogP contribution is -2.40. The van der Waals surface area contributed by atoms with E-state index in [1.807, 2.05) is 24.4 Å². The molecule has 0 aliphatic carbocycles. The lowest BCUT2D eigenvalue weighted by atomic mass is 10.1. The summed E-state index contributed by atoms with van der Waals surface area (Å²) in [6.45, 7) is 2.40. The third-order valence-electron chi connectivity index (χ3n) is 2.85. The maximum atomic E-state index is 9.66. The molecule has 4 N–H and O–H groups in total. The molecular formula is C13H18N2O2. The van der Waals surface area contributed by atoms with Gasteiger partial charge in [0.25, 0.3) is 0 Å². The van der Waals surface area contributed by atoms with E-state index in [1.54, 1.807) is 6.92 Å².